The van der Waals surface area contributed by atoms with Crippen LogP contribution in [0.5, 0.6) is 0 Å². The molecule has 1 saturated heterocycles. The Kier molecular flexibility index (Phi) is 6.12. The second kappa shape index (κ2) is 8.08. The van der Waals surface area contributed by atoms with Gasteiger partial charge < -0.3 is 20.1 Å². The molecule has 126 valence electrons. The van der Waals surface area contributed by atoms with E-state index in [1.165, 1.54) is 0 Å². The maximum Gasteiger partial charge on any atom is 0.233 e. The van der Waals surface area contributed by atoms with Crippen molar-refractivity contribution in [2.24, 2.45) is 0 Å². The third-order valence-electron chi connectivity index (χ3n) is 3.96. The molecule has 0 aliphatic carbocycles. The Balaban J connectivity index is 1.85. The van der Waals surface area contributed by atoms with E-state index in [1.807, 2.05) is 39.0 Å². The van der Waals surface area contributed by atoms with Crippen molar-refractivity contribution in [3.8, 4) is 0 Å². The van der Waals surface area contributed by atoms with Gasteiger partial charge in [0.15, 0.2) is 0 Å². The van der Waals surface area contributed by atoms with Crippen LogP contribution >= 0.6 is 0 Å². The Labute approximate surface area is 136 Å². The van der Waals surface area contributed by atoms with Gasteiger partial charge in [-0.15, -0.1) is 0 Å². The SMILES string of the molecule is CCO[C@H]1COC[C@@H]1NC(=O)CC(=O)Nc1cccc(C)c1C. The normalized spacial score (nSPS) is 20.3. The van der Waals surface area contributed by atoms with Crippen molar-refractivity contribution in [3.05, 3.63) is 29.3 Å². The van der Waals surface area contributed by atoms with Gasteiger partial charge in [-0.1, -0.05) is 12.1 Å². The number of anilines is 1. The lowest BCUT2D eigenvalue weighted by atomic mass is 10.1. The lowest BCUT2D eigenvalue weighted by Gasteiger charge is -2.18. The van der Waals surface area contributed by atoms with Gasteiger partial charge in [-0.3, -0.25) is 9.59 Å². The number of carbonyl (C=O) groups is 2. The van der Waals surface area contributed by atoms with Gasteiger partial charge in [0, 0.05) is 12.3 Å². The van der Waals surface area contributed by atoms with Crippen LogP contribution in [0.1, 0.15) is 24.5 Å². The summed E-state index contributed by atoms with van der Waals surface area (Å²) >= 11 is 0. The Hall–Kier alpha value is -1.92. The van der Waals surface area contributed by atoms with Crippen molar-refractivity contribution in [1.82, 2.24) is 5.32 Å². The summed E-state index contributed by atoms with van der Waals surface area (Å²) in [5.74, 6) is -0.656. The molecular weight excluding hydrogens is 296 g/mol. The largest absolute Gasteiger partial charge is 0.376 e. The summed E-state index contributed by atoms with van der Waals surface area (Å²) in [6.45, 7) is 7.25. The third kappa shape index (κ3) is 4.77. The molecule has 1 aromatic carbocycles. The average Bonchev–Trinajstić information content (AvgIpc) is 2.91. The van der Waals surface area contributed by atoms with Gasteiger partial charge in [-0.05, 0) is 38.0 Å². The minimum Gasteiger partial charge on any atom is -0.376 e. The van der Waals surface area contributed by atoms with E-state index in [0.717, 1.165) is 16.8 Å². The lowest BCUT2D eigenvalue weighted by Crippen LogP contribution is -2.44. The Bertz CT molecular complexity index is 574. The van der Waals surface area contributed by atoms with Gasteiger partial charge in [0.05, 0.1) is 19.3 Å². The van der Waals surface area contributed by atoms with Crippen LogP contribution in [0, 0.1) is 13.8 Å². The number of ether oxygens (including phenoxy) is 2. The summed E-state index contributed by atoms with van der Waals surface area (Å²) in [5.41, 5.74) is 2.83. The summed E-state index contributed by atoms with van der Waals surface area (Å²) in [4.78, 5) is 24.1. The van der Waals surface area contributed by atoms with E-state index in [1.54, 1.807) is 0 Å². The highest BCUT2D eigenvalue weighted by Crippen LogP contribution is 2.18. The Morgan fingerprint density at radius 1 is 1.26 bits per heavy atom. The Morgan fingerprint density at radius 3 is 2.78 bits per heavy atom. The third-order valence-corrected chi connectivity index (χ3v) is 3.96. The molecule has 0 aromatic heterocycles. The van der Waals surface area contributed by atoms with Crippen molar-refractivity contribution >= 4 is 17.5 Å². The van der Waals surface area contributed by atoms with Crippen molar-refractivity contribution in [1.29, 1.82) is 0 Å². The van der Waals surface area contributed by atoms with Gasteiger partial charge in [0.25, 0.3) is 0 Å². The first-order valence-electron chi connectivity index (χ1n) is 7.86. The predicted molar refractivity (Wildman–Crippen MR) is 87.3 cm³/mol. The van der Waals surface area contributed by atoms with Gasteiger partial charge >= 0.3 is 0 Å². The number of nitrogens with one attached hydrogen (secondary N) is 2. The van der Waals surface area contributed by atoms with Crippen LogP contribution in [-0.4, -0.2) is 43.8 Å². The molecular formula is C17H24N2O4. The van der Waals surface area contributed by atoms with Crippen molar-refractivity contribution in [2.45, 2.75) is 39.3 Å². The minimum absolute atomic E-state index is 0.147. The van der Waals surface area contributed by atoms with Gasteiger partial charge in [0.2, 0.25) is 11.8 Å². The molecule has 1 aromatic rings. The van der Waals surface area contributed by atoms with Crippen molar-refractivity contribution < 1.29 is 19.1 Å². The number of amides is 2. The smallest absolute Gasteiger partial charge is 0.233 e. The molecule has 1 fully saturated rings. The highest BCUT2D eigenvalue weighted by atomic mass is 16.5. The fourth-order valence-corrected chi connectivity index (χ4v) is 2.53. The molecule has 2 atom stereocenters. The topological polar surface area (TPSA) is 76.7 Å². The van der Waals surface area contributed by atoms with Crippen LogP contribution < -0.4 is 10.6 Å². The van der Waals surface area contributed by atoms with E-state index >= 15 is 0 Å². The second-order valence-electron chi connectivity index (χ2n) is 5.68. The first kappa shape index (κ1) is 17.4. The zero-order valence-electron chi connectivity index (χ0n) is 13.8. The zero-order chi connectivity index (χ0) is 16.8. The van der Waals surface area contributed by atoms with E-state index in [-0.39, 0.29) is 30.4 Å². The molecule has 1 heterocycles. The molecule has 23 heavy (non-hydrogen) atoms. The number of carbonyl (C=O) groups excluding carboxylic acids is 2. The summed E-state index contributed by atoms with van der Waals surface area (Å²) in [7, 11) is 0. The first-order valence-corrected chi connectivity index (χ1v) is 7.86. The van der Waals surface area contributed by atoms with Gasteiger partial charge in [-0.2, -0.15) is 0 Å². The van der Waals surface area contributed by atoms with Gasteiger partial charge in [0.1, 0.15) is 12.5 Å². The highest BCUT2D eigenvalue weighted by Gasteiger charge is 2.30. The quantitative estimate of drug-likeness (QED) is 0.780. The highest BCUT2D eigenvalue weighted by molar-refractivity contribution is 6.04. The lowest BCUT2D eigenvalue weighted by molar-refractivity contribution is -0.127. The number of hydrogen-bond donors (Lipinski definition) is 2. The molecule has 6 nitrogen and oxygen atoms in total. The van der Waals surface area contributed by atoms with E-state index in [9.17, 15) is 9.59 Å². The monoisotopic (exact) mass is 320 g/mol. The zero-order valence-corrected chi connectivity index (χ0v) is 13.8. The minimum atomic E-state index is -0.330. The fraction of sp³-hybridized carbons (Fsp3) is 0.529. The number of aryl methyl sites for hydroxylation is 1. The number of hydrogen-bond acceptors (Lipinski definition) is 4. The van der Waals surface area contributed by atoms with Crippen molar-refractivity contribution in [3.63, 3.8) is 0 Å². The summed E-state index contributed by atoms with van der Waals surface area (Å²) < 4.78 is 10.8. The number of benzene rings is 1. The van der Waals surface area contributed by atoms with Crippen LogP contribution in [0.4, 0.5) is 5.69 Å². The van der Waals surface area contributed by atoms with E-state index in [4.69, 9.17) is 9.47 Å². The average molecular weight is 320 g/mol. The standard InChI is InChI=1S/C17H24N2O4/c1-4-23-15-10-22-9-14(15)19-17(21)8-16(20)18-13-7-5-6-11(2)12(13)3/h5-7,14-15H,4,8-10H2,1-3H3,(H,18,20)(H,19,21)/t14-,15-/m0/s1. The van der Waals surface area contributed by atoms with Crippen molar-refractivity contribution in [2.75, 3.05) is 25.1 Å². The van der Waals surface area contributed by atoms with Crippen LogP contribution in [0.3, 0.4) is 0 Å². The molecule has 2 amide bonds. The molecule has 1 aliphatic heterocycles. The van der Waals surface area contributed by atoms with Crippen LogP contribution in [0.25, 0.3) is 0 Å². The summed E-state index contributed by atoms with van der Waals surface area (Å²) in [6, 6.07) is 5.48. The van der Waals surface area contributed by atoms with Crippen LogP contribution in [0.15, 0.2) is 18.2 Å². The maximum absolute atomic E-state index is 12.0. The summed E-state index contributed by atoms with van der Waals surface area (Å²) in [5, 5.41) is 5.59. The molecule has 6 heteroatoms. The van der Waals surface area contributed by atoms with E-state index < -0.39 is 0 Å². The van der Waals surface area contributed by atoms with E-state index in [2.05, 4.69) is 10.6 Å². The Morgan fingerprint density at radius 2 is 2.04 bits per heavy atom. The molecule has 0 spiro atoms. The summed E-state index contributed by atoms with van der Waals surface area (Å²) in [6.07, 6.45) is -0.367. The molecule has 0 unspecified atom stereocenters. The molecule has 0 saturated carbocycles. The molecule has 0 radical (unpaired) electrons. The predicted octanol–water partition coefficient (Wildman–Crippen LogP) is 1.55. The van der Waals surface area contributed by atoms with Crippen LogP contribution in [-0.2, 0) is 19.1 Å². The molecule has 1 aliphatic rings. The van der Waals surface area contributed by atoms with E-state index in [0.29, 0.717) is 19.8 Å². The first-order chi connectivity index (χ1) is 11.0. The molecule has 0 bridgehead atoms. The molecule has 2 rings (SSSR count). The second-order valence-corrected chi connectivity index (χ2v) is 5.68. The van der Waals surface area contributed by atoms with Crippen LogP contribution in [0.2, 0.25) is 0 Å². The number of rotatable bonds is 6. The fourth-order valence-electron chi connectivity index (χ4n) is 2.53. The maximum atomic E-state index is 12.0. The molecule has 2 N–H and O–H groups in total. The van der Waals surface area contributed by atoms with Gasteiger partial charge in [-0.25, -0.2) is 0 Å².